The van der Waals surface area contributed by atoms with Gasteiger partial charge >= 0.3 is 0 Å². The maximum Gasteiger partial charge on any atom is 0.156 e. The highest BCUT2D eigenvalue weighted by atomic mass is 35.5. The summed E-state index contributed by atoms with van der Waals surface area (Å²) >= 11 is 5.83. The van der Waals surface area contributed by atoms with Crippen molar-refractivity contribution < 1.29 is 13.9 Å². The van der Waals surface area contributed by atoms with Gasteiger partial charge in [-0.1, -0.05) is 17.7 Å². The summed E-state index contributed by atoms with van der Waals surface area (Å²) in [5.41, 5.74) is 0.718. The molecule has 0 N–H and O–H groups in total. The third-order valence-corrected chi connectivity index (χ3v) is 2.72. The van der Waals surface area contributed by atoms with Crippen molar-refractivity contribution in [2.24, 2.45) is 0 Å². The Balaban J connectivity index is 2.40. The fraction of sp³-hybridized carbons (Fsp3) is 0.0714. The van der Waals surface area contributed by atoms with E-state index in [1.807, 2.05) is 6.92 Å². The van der Waals surface area contributed by atoms with Gasteiger partial charge in [0.05, 0.1) is 5.56 Å². The minimum absolute atomic E-state index is 0.0909. The number of hydrogen-bond donors (Lipinski definition) is 0. The van der Waals surface area contributed by atoms with E-state index in [2.05, 4.69) is 0 Å². The number of hydrogen-bond acceptors (Lipinski definition) is 2. The normalized spacial score (nSPS) is 10.2. The zero-order chi connectivity index (χ0) is 13.1. The lowest BCUT2D eigenvalue weighted by molar-refractivity contribution is 0.111. The molecule has 4 heteroatoms. The second-order valence-corrected chi connectivity index (χ2v) is 4.22. The van der Waals surface area contributed by atoms with Crippen molar-refractivity contribution in [1.82, 2.24) is 0 Å². The molecular formula is C14H10ClFO2. The smallest absolute Gasteiger partial charge is 0.156 e. The van der Waals surface area contributed by atoms with Crippen LogP contribution in [0.25, 0.3) is 0 Å². The van der Waals surface area contributed by atoms with E-state index >= 15 is 0 Å². The first-order valence-corrected chi connectivity index (χ1v) is 5.67. The molecule has 0 radical (unpaired) electrons. The number of aldehydes is 1. The Labute approximate surface area is 109 Å². The molecule has 2 aromatic carbocycles. The van der Waals surface area contributed by atoms with Gasteiger partial charge < -0.3 is 4.74 Å². The molecule has 0 aliphatic rings. The molecule has 0 bridgehead atoms. The number of ether oxygens (including phenoxy) is 1. The number of halogens is 2. The molecule has 0 aliphatic heterocycles. The highest BCUT2D eigenvalue weighted by Crippen LogP contribution is 2.29. The van der Waals surface area contributed by atoms with Crippen molar-refractivity contribution in [3.63, 3.8) is 0 Å². The molecule has 0 aliphatic carbocycles. The van der Waals surface area contributed by atoms with Gasteiger partial charge in [-0.25, -0.2) is 4.39 Å². The molecule has 0 saturated heterocycles. The van der Waals surface area contributed by atoms with E-state index in [1.54, 1.807) is 24.3 Å². The predicted molar refractivity (Wildman–Crippen MR) is 68.1 cm³/mol. The van der Waals surface area contributed by atoms with Gasteiger partial charge in [-0.15, -0.1) is 0 Å². The van der Waals surface area contributed by atoms with Crippen molar-refractivity contribution in [1.29, 1.82) is 0 Å². The molecule has 0 saturated carbocycles. The summed E-state index contributed by atoms with van der Waals surface area (Å²) in [4.78, 5) is 10.8. The molecule has 2 rings (SSSR count). The van der Waals surface area contributed by atoms with E-state index in [1.165, 1.54) is 12.1 Å². The van der Waals surface area contributed by atoms with E-state index in [4.69, 9.17) is 16.3 Å². The Morgan fingerprint density at radius 2 is 2.00 bits per heavy atom. The van der Waals surface area contributed by atoms with Gasteiger partial charge in [-0.2, -0.15) is 0 Å². The number of carbonyl (C=O) groups excluding carboxylic acids is 1. The lowest BCUT2D eigenvalue weighted by Gasteiger charge is -2.10. The zero-order valence-corrected chi connectivity index (χ0v) is 10.4. The number of aryl methyl sites for hydroxylation is 1. The maximum absolute atomic E-state index is 13.4. The van der Waals surface area contributed by atoms with E-state index in [0.29, 0.717) is 17.1 Å². The number of rotatable bonds is 3. The molecule has 18 heavy (non-hydrogen) atoms. The summed E-state index contributed by atoms with van der Waals surface area (Å²) in [5.74, 6) is 0.123. The minimum atomic E-state index is -0.603. The Morgan fingerprint density at radius 3 is 2.67 bits per heavy atom. The van der Waals surface area contributed by atoms with Gasteiger partial charge in [0.1, 0.15) is 17.3 Å². The van der Waals surface area contributed by atoms with Gasteiger partial charge in [0.2, 0.25) is 0 Å². The predicted octanol–water partition coefficient (Wildman–Crippen LogP) is 4.39. The van der Waals surface area contributed by atoms with Crippen molar-refractivity contribution in [3.05, 3.63) is 58.4 Å². The fourth-order valence-electron chi connectivity index (χ4n) is 1.57. The van der Waals surface area contributed by atoms with Gasteiger partial charge in [0.25, 0.3) is 0 Å². The van der Waals surface area contributed by atoms with Gasteiger partial charge in [-0.05, 0) is 42.8 Å². The molecule has 0 amide bonds. The van der Waals surface area contributed by atoms with Crippen LogP contribution in [0.3, 0.4) is 0 Å². The van der Waals surface area contributed by atoms with Crippen LogP contribution in [0.15, 0.2) is 36.4 Å². The monoisotopic (exact) mass is 264 g/mol. The second kappa shape index (κ2) is 5.19. The quantitative estimate of drug-likeness (QED) is 0.769. The summed E-state index contributed by atoms with van der Waals surface area (Å²) in [6.45, 7) is 1.82. The highest BCUT2D eigenvalue weighted by Gasteiger charge is 2.10. The first-order chi connectivity index (χ1) is 8.61. The third-order valence-electron chi connectivity index (χ3n) is 2.49. The molecule has 0 unspecified atom stereocenters. The van der Waals surface area contributed by atoms with Gasteiger partial charge in [0.15, 0.2) is 6.29 Å². The van der Waals surface area contributed by atoms with E-state index < -0.39 is 5.82 Å². The molecule has 0 fully saturated rings. The Morgan fingerprint density at radius 1 is 1.22 bits per heavy atom. The average molecular weight is 265 g/mol. The summed E-state index contributed by atoms with van der Waals surface area (Å²) in [5, 5.41) is 0.592. The van der Waals surface area contributed by atoms with Crippen LogP contribution in [0.5, 0.6) is 11.5 Å². The fourth-order valence-corrected chi connectivity index (χ4v) is 1.79. The number of benzene rings is 2. The largest absolute Gasteiger partial charge is 0.456 e. The van der Waals surface area contributed by atoms with Crippen LogP contribution in [0.4, 0.5) is 4.39 Å². The first-order valence-electron chi connectivity index (χ1n) is 5.29. The van der Waals surface area contributed by atoms with Crippen LogP contribution in [0.2, 0.25) is 5.02 Å². The molecule has 2 nitrogen and oxygen atoms in total. The standard InChI is InChI=1S/C14H10ClFO2/c1-9-7-10(15)5-6-13(9)18-14-4-2-3-12(16)11(14)8-17/h2-8H,1H3. The van der Waals surface area contributed by atoms with Crippen LogP contribution >= 0.6 is 11.6 Å². The molecule has 92 valence electrons. The van der Waals surface area contributed by atoms with E-state index in [0.717, 1.165) is 5.56 Å². The summed E-state index contributed by atoms with van der Waals surface area (Å²) in [7, 11) is 0. The zero-order valence-electron chi connectivity index (χ0n) is 9.61. The average Bonchev–Trinajstić information content (AvgIpc) is 2.33. The molecule has 0 spiro atoms. The van der Waals surface area contributed by atoms with Crippen molar-refractivity contribution in [3.8, 4) is 11.5 Å². The van der Waals surface area contributed by atoms with Crippen molar-refractivity contribution in [2.45, 2.75) is 6.92 Å². The van der Waals surface area contributed by atoms with E-state index in [9.17, 15) is 9.18 Å². The lowest BCUT2D eigenvalue weighted by Crippen LogP contribution is -1.95. The second-order valence-electron chi connectivity index (χ2n) is 3.78. The molecule has 2 aromatic rings. The lowest BCUT2D eigenvalue weighted by atomic mass is 10.2. The van der Waals surface area contributed by atoms with Gasteiger partial charge in [0, 0.05) is 5.02 Å². The Bertz CT molecular complexity index is 596. The molecular weight excluding hydrogens is 255 g/mol. The Hall–Kier alpha value is -1.87. The van der Waals surface area contributed by atoms with Crippen LogP contribution in [0, 0.1) is 12.7 Å². The van der Waals surface area contributed by atoms with Crippen molar-refractivity contribution in [2.75, 3.05) is 0 Å². The maximum atomic E-state index is 13.4. The SMILES string of the molecule is Cc1cc(Cl)ccc1Oc1cccc(F)c1C=O. The van der Waals surface area contributed by atoms with Crippen LogP contribution in [0.1, 0.15) is 15.9 Å². The van der Waals surface area contributed by atoms with E-state index in [-0.39, 0.29) is 11.3 Å². The van der Waals surface area contributed by atoms with Crippen LogP contribution in [-0.2, 0) is 0 Å². The van der Waals surface area contributed by atoms with Crippen LogP contribution in [-0.4, -0.2) is 6.29 Å². The molecule has 0 atom stereocenters. The first kappa shape index (κ1) is 12.6. The summed E-state index contributed by atoms with van der Waals surface area (Å²) < 4.78 is 18.9. The minimum Gasteiger partial charge on any atom is -0.456 e. The highest BCUT2D eigenvalue weighted by molar-refractivity contribution is 6.30. The van der Waals surface area contributed by atoms with Crippen LogP contribution < -0.4 is 4.74 Å². The van der Waals surface area contributed by atoms with Gasteiger partial charge in [-0.3, -0.25) is 4.79 Å². The molecule has 0 heterocycles. The topological polar surface area (TPSA) is 26.3 Å². The van der Waals surface area contributed by atoms with Crippen molar-refractivity contribution >= 4 is 17.9 Å². The third kappa shape index (κ3) is 2.51. The molecule has 0 aromatic heterocycles. The Kier molecular flexibility index (Phi) is 3.63. The number of carbonyl (C=O) groups is 1. The summed E-state index contributed by atoms with van der Waals surface area (Å²) in [6, 6.07) is 9.33. The summed E-state index contributed by atoms with van der Waals surface area (Å²) in [6.07, 6.45) is 0.440.